The third-order valence-electron chi connectivity index (χ3n) is 2.73. The van der Waals surface area contributed by atoms with Gasteiger partial charge in [-0.05, 0) is 26.0 Å². The highest BCUT2D eigenvalue weighted by Crippen LogP contribution is 2.22. The number of aliphatic carboxylic acids is 1. The Morgan fingerprint density at radius 2 is 2.08 bits per heavy atom. The number of hydrogen-bond acceptors (Lipinski definition) is 3. The van der Waals surface area contributed by atoms with Gasteiger partial charge in [0.15, 0.2) is 0 Å². The van der Waals surface area contributed by atoms with E-state index in [4.69, 9.17) is 5.11 Å². The van der Waals surface area contributed by atoms with Crippen LogP contribution in [0.1, 0.15) is 19.8 Å². The summed E-state index contributed by atoms with van der Waals surface area (Å²) < 4.78 is 0. The van der Waals surface area contributed by atoms with Crippen LogP contribution < -0.4 is 0 Å². The van der Waals surface area contributed by atoms with Gasteiger partial charge in [0, 0.05) is 13.1 Å². The molecule has 0 radical (unpaired) electrons. The van der Waals surface area contributed by atoms with Crippen LogP contribution in [-0.4, -0.2) is 40.7 Å². The van der Waals surface area contributed by atoms with Crippen LogP contribution in [0, 0.1) is 5.92 Å². The largest absolute Gasteiger partial charge is 0.481 e. The zero-order valence-corrected chi connectivity index (χ0v) is 9.01. The molecule has 76 valence electrons. The topological polar surface area (TPSA) is 40.5 Å². The molecule has 4 heteroatoms. The van der Waals surface area contributed by atoms with Crippen LogP contribution in [0.15, 0.2) is 0 Å². The van der Waals surface area contributed by atoms with Gasteiger partial charge in [-0.15, -0.1) is 11.8 Å². The number of hydrogen-bond donors (Lipinski definition) is 1. The summed E-state index contributed by atoms with van der Waals surface area (Å²) >= 11 is 1.82. The minimum absolute atomic E-state index is 0.106. The molecule has 13 heavy (non-hydrogen) atoms. The zero-order chi connectivity index (χ0) is 9.84. The van der Waals surface area contributed by atoms with Gasteiger partial charge in [0.05, 0.1) is 11.3 Å². The number of rotatable bonds is 3. The lowest BCUT2D eigenvalue weighted by Gasteiger charge is -2.33. The molecule has 0 amide bonds. The summed E-state index contributed by atoms with van der Waals surface area (Å²) in [6.07, 6.45) is 3.70. The lowest BCUT2D eigenvalue weighted by atomic mass is 9.97. The van der Waals surface area contributed by atoms with Crippen molar-refractivity contribution in [2.75, 3.05) is 19.3 Å². The number of likely N-dealkylation sites (tertiary alicyclic amines) is 1. The van der Waals surface area contributed by atoms with Crippen molar-refractivity contribution in [2.45, 2.75) is 25.1 Å². The van der Waals surface area contributed by atoms with Crippen molar-refractivity contribution in [3.05, 3.63) is 0 Å². The fraction of sp³-hybridized carbons (Fsp3) is 0.889. The number of carbonyl (C=O) groups is 1. The molecule has 1 rings (SSSR count). The number of piperidine rings is 1. The first kappa shape index (κ1) is 10.9. The zero-order valence-electron chi connectivity index (χ0n) is 8.19. The molecule has 1 heterocycles. The van der Waals surface area contributed by atoms with E-state index >= 15 is 0 Å². The van der Waals surface area contributed by atoms with Crippen molar-refractivity contribution in [3.63, 3.8) is 0 Å². The first-order valence-electron chi connectivity index (χ1n) is 4.64. The SMILES string of the molecule is CSC(C)N1CCC(C(=O)O)CC1. The second kappa shape index (κ2) is 4.86. The first-order chi connectivity index (χ1) is 6.15. The Balaban J connectivity index is 2.34. The van der Waals surface area contributed by atoms with Crippen molar-refractivity contribution in [1.29, 1.82) is 0 Å². The standard InChI is InChI=1S/C9H17NO2S/c1-7(13-2)10-5-3-8(4-6-10)9(11)12/h7-8H,3-6H2,1-2H3,(H,11,12). The summed E-state index contributed by atoms with van der Waals surface area (Å²) in [5, 5.41) is 9.32. The van der Waals surface area contributed by atoms with Gasteiger partial charge in [0.1, 0.15) is 0 Å². The monoisotopic (exact) mass is 203 g/mol. The quantitative estimate of drug-likeness (QED) is 0.754. The van der Waals surface area contributed by atoms with Crippen molar-refractivity contribution in [1.82, 2.24) is 4.90 Å². The Kier molecular flexibility index (Phi) is 4.06. The van der Waals surface area contributed by atoms with Crippen molar-refractivity contribution in [2.24, 2.45) is 5.92 Å². The van der Waals surface area contributed by atoms with E-state index in [9.17, 15) is 4.79 Å². The Hall–Kier alpha value is -0.220. The summed E-state index contributed by atoms with van der Waals surface area (Å²) in [6, 6.07) is 0. The van der Waals surface area contributed by atoms with E-state index in [1.807, 2.05) is 11.8 Å². The van der Waals surface area contributed by atoms with Crippen LogP contribution in [0.3, 0.4) is 0 Å². The molecule has 1 N–H and O–H groups in total. The van der Waals surface area contributed by atoms with Crippen LogP contribution in [0.2, 0.25) is 0 Å². The van der Waals surface area contributed by atoms with E-state index < -0.39 is 5.97 Å². The van der Waals surface area contributed by atoms with Gasteiger partial charge in [-0.1, -0.05) is 0 Å². The average molecular weight is 203 g/mol. The summed E-state index contributed by atoms with van der Waals surface area (Å²) in [6.45, 7) is 4.03. The third kappa shape index (κ3) is 2.88. The van der Waals surface area contributed by atoms with E-state index in [1.165, 1.54) is 0 Å². The lowest BCUT2D eigenvalue weighted by Crippen LogP contribution is -2.40. The molecule has 0 spiro atoms. The van der Waals surface area contributed by atoms with E-state index in [0.717, 1.165) is 25.9 Å². The molecule has 1 saturated heterocycles. The van der Waals surface area contributed by atoms with Crippen LogP contribution in [0.25, 0.3) is 0 Å². The minimum atomic E-state index is -0.628. The lowest BCUT2D eigenvalue weighted by molar-refractivity contribution is -0.143. The Labute approximate surface area is 83.5 Å². The number of carboxylic acid groups (broad SMARTS) is 1. The smallest absolute Gasteiger partial charge is 0.306 e. The summed E-state index contributed by atoms with van der Waals surface area (Å²) in [7, 11) is 0. The maximum atomic E-state index is 10.7. The van der Waals surface area contributed by atoms with Crippen LogP contribution in [0.4, 0.5) is 0 Å². The van der Waals surface area contributed by atoms with Gasteiger partial charge in [-0.25, -0.2) is 0 Å². The fourth-order valence-electron chi connectivity index (χ4n) is 1.66. The predicted molar refractivity (Wildman–Crippen MR) is 54.9 cm³/mol. The summed E-state index contributed by atoms with van der Waals surface area (Å²) in [5.41, 5.74) is 0. The normalized spacial score (nSPS) is 22.9. The molecular formula is C9H17NO2S. The van der Waals surface area contributed by atoms with E-state index in [2.05, 4.69) is 18.1 Å². The molecule has 1 fully saturated rings. The Morgan fingerprint density at radius 1 is 1.54 bits per heavy atom. The molecule has 3 nitrogen and oxygen atoms in total. The van der Waals surface area contributed by atoms with Crippen LogP contribution >= 0.6 is 11.8 Å². The number of nitrogens with zero attached hydrogens (tertiary/aromatic N) is 1. The van der Waals surface area contributed by atoms with Gasteiger partial charge in [-0.3, -0.25) is 9.69 Å². The van der Waals surface area contributed by atoms with E-state index in [1.54, 1.807) is 0 Å². The highest BCUT2D eigenvalue weighted by atomic mass is 32.2. The van der Waals surface area contributed by atoms with E-state index in [0.29, 0.717) is 5.37 Å². The molecule has 0 saturated carbocycles. The van der Waals surface area contributed by atoms with Gasteiger partial charge < -0.3 is 5.11 Å². The molecular weight excluding hydrogens is 186 g/mol. The maximum absolute atomic E-state index is 10.7. The highest BCUT2D eigenvalue weighted by molar-refractivity contribution is 7.99. The average Bonchev–Trinajstić information content (AvgIpc) is 2.17. The van der Waals surface area contributed by atoms with Crippen LogP contribution in [-0.2, 0) is 4.79 Å². The van der Waals surface area contributed by atoms with Crippen LogP contribution in [0.5, 0.6) is 0 Å². The van der Waals surface area contributed by atoms with E-state index in [-0.39, 0.29) is 5.92 Å². The fourth-order valence-corrected chi connectivity index (χ4v) is 2.17. The van der Waals surface area contributed by atoms with Gasteiger partial charge in [-0.2, -0.15) is 0 Å². The molecule has 1 atom stereocenters. The van der Waals surface area contributed by atoms with Gasteiger partial charge in [0.25, 0.3) is 0 Å². The maximum Gasteiger partial charge on any atom is 0.306 e. The molecule has 0 aromatic carbocycles. The third-order valence-corrected chi connectivity index (χ3v) is 3.71. The molecule has 0 aromatic heterocycles. The highest BCUT2D eigenvalue weighted by Gasteiger charge is 2.26. The van der Waals surface area contributed by atoms with Crippen molar-refractivity contribution < 1.29 is 9.90 Å². The number of thioether (sulfide) groups is 1. The molecule has 0 aromatic rings. The van der Waals surface area contributed by atoms with Gasteiger partial charge in [0.2, 0.25) is 0 Å². The summed E-state index contributed by atoms with van der Waals surface area (Å²) in [4.78, 5) is 13.0. The van der Waals surface area contributed by atoms with Crippen molar-refractivity contribution in [3.8, 4) is 0 Å². The first-order valence-corrected chi connectivity index (χ1v) is 5.93. The Morgan fingerprint density at radius 3 is 2.46 bits per heavy atom. The molecule has 1 aliphatic heterocycles. The van der Waals surface area contributed by atoms with Gasteiger partial charge >= 0.3 is 5.97 Å². The van der Waals surface area contributed by atoms with Crippen molar-refractivity contribution >= 4 is 17.7 Å². The second-order valence-corrected chi connectivity index (χ2v) is 4.64. The molecule has 0 bridgehead atoms. The summed E-state index contributed by atoms with van der Waals surface area (Å²) in [5.74, 6) is -0.734. The minimum Gasteiger partial charge on any atom is -0.481 e. The second-order valence-electron chi connectivity index (χ2n) is 3.48. The molecule has 0 aliphatic carbocycles. The number of carboxylic acids is 1. The molecule has 1 aliphatic rings. The Bertz CT molecular complexity index is 178. The molecule has 1 unspecified atom stereocenters. The predicted octanol–water partition coefficient (Wildman–Crippen LogP) is 1.49.